The van der Waals surface area contributed by atoms with Crippen LogP contribution < -0.4 is 5.32 Å². The second-order valence-corrected chi connectivity index (χ2v) is 5.95. The Morgan fingerprint density at radius 2 is 2.09 bits per heavy atom. The summed E-state index contributed by atoms with van der Waals surface area (Å²) in [6.45, 7) is 0.895. The van der Waals surface area contributed by atoms with E-state index in [1.54, 1.807) is 12.3 Å². The van der Waals surface area contributed by atoms with Gasteiger partial charge in [0.15, 0.2) is 0 Å². The van der Waals surface area contributed by atoms with Gasteiger partial charge in [0.2, 0.25) is 0 Å². The first-order valence-electron chi connectivity index (χ1n) is 6.95. The van der Waals surface area contributed by atoms with Gasteiger partial charge in [0.1, 0.15) is 5.82 Å². The predicted molar refractivity (Wildman–Crippen MR) is 89.0 cm³/mol. The Balaban J connectivity index is 1.92. The maximum atomic E-state index is 6.34. The largest absolute Gasteiger partial charge is 0.369 e. The summed E-state index contributed by atoms with van der Waals surface area (Å²) in [6.07, 6.45) is 4.52. The van der Waals surface area contributed by atoms with Crippen LogP contribution in [0.15, 0.2) is 42.7 Å². The fraction of sp³-hybridized carbons (Fsp3) is 0.125. The van der Waals surface area contributed by atoms with Gasteiger partial charge in [-0.3, -0.25) is 4.98 Å². The maximum Gasteiger partial charge on any atom is 0.133 e. The number of fused-ring (bicyclic) bond motifs is 1. The van der Waals surface area contributed by atoms with Crippen LogP contribution in [-0.2, 0) is 6.42 Å². The van der Waals surface area contributed by atoms with Gasteiger partial charge in [-0.05, 0) is 36.8 Å². The van der Waals surface area contributed by atoms with E-state index < -0.39 is 0 Å². The summed E-state index contributed by atoms with van der Waals surface area (Å²) in [7, 11) is 0. The van der Waals surface area contributed by atoms with Crippen LogP contribution in [0.4, 0.5) is 5.82 Å². The topological polar surface area (TPSA) is 42.7 Å². The summed E-state index contributed by atoms with van der Waals surface area (Å²) in [6, 6.07) is 9.35. The average Bonchev–Trinajstić information content (AvgIpc) is 3.11. The van der Waals surface area contributed by atoms with Gasteiger partial charge in [-0.25, -0.2) is 4.68 Å². The van der Waals surface area contributed by atoms with E-state index in [0.29, 0.717) is 10.0 Å². The molecule has 3 aromatic rings. The summed E-state index contributed by atoms with van der Waals surface area (Å²) < 4.78 is 1.85. The molecule has 0 saturated heterocycles. The van der Waals surface area contributed by atoms with E-state index in [4.69, 9.17) is 28.3 Å². The fourth-order valence-electron chi connectivity index (χ4n) is 2.74. The number of anilines is 1. The monoisotopic (exact) mass is 330 g/mol. The van der Waals surface area contributed by atoms with Crippen LogP contribution in [0.25, 0.3) is 16.9 Å². The molecule has 2 aromatic heterocycles. The van der Waals surface area contributed by atoms with E-state index in [2.05, 4.69) is 10.3 Å². The lowest BCUT2D eigenvalue weighted by Crippen LogP contribution is -2.04. The van der Waals surface area contributed by atoms with Crippen LogP contribution in [0.2, 0.25) is 10.0 Å². The first kappa shape index (κ1) is 13.6. The molecule has 0 bridgehead atoms. The standard InChI is InChI=1S/C16H12Cl2N4/c17-11-3-4-14(13(18)8-11)22-16-12(5-7-20-16)15(21-22)10-2-1-6-19-9-10/h1-4,6,8-9,20H,5,7H2. The molecule has 4 nitrogen and oxygen atoms in total. The molecule has 22 heavy (non-hydrogen) atoms. The molecule has 3 heterocycles. The maximum absolute atomic E-state index is 6.34. The molecule has 1 aliphatic heterocycles. The van der Waals surface area contributed by atoms with E-state index in [0.717, 1.165) is 35.7 Å². The highest BCUT2D eigenvalue weighted by atomic mass is 35.5. The first-order chi connectivity index (χ1) is 10.7. The lowest BCUT2D eigenvalue weighted by atomic mass is 10.1. The number of nitrogens with one attached hydrogen (secondary N) is 1. The zero-order valence-corrected chi connectivity index (χ0v) is 13.1. The molecule has 0 spiro atoms. The number of hydrogen-bond donors (Lipinski definition) is 1. The Hall–Kier alpha value is -2.04. The van der Waals surface area contributed by atoms with E-state index >= 15 is 0 Å². The summed E-state index contributed by atoms with van der Waals surface area (Å²) >= 11 is 12.3. The highest BCUT2D eigenvalue weighted by Gasteiger charge is 2.24. The van der Waals surface area contributed by atoms with Crippen LogP contribution in [0.1, 0.15) is 5.56 Å². The Kier molecular flexibility index (Phi) is 3.28. The third-order valence-corrected chi connectivity index (χ3v) is 4.26. The van der Waals surface area contributed by atoms with Crippen LogP contribution in [-0.4, -0.2) is 21.3 Å². The van der Waals surface area contributed by atoms with Crippen molar-refractivity contribution >= 4 is 29.0 Å². The Morgan fingerprint density at radius 3 is 2.86 bits per heavy atom. The molecule has 0 atom stereocenters. The van der Waals surface area contributed by atoms with Gasteiger partial charge < -0.3 is 5.32 Å². The third kappa shape index (κ3) is 2.16. The molecule has 0 saturated carbocycles. The lowest BCUT2D eigenvalue weighted by molar-refractivity contribution is 0.882. The van der Waals surface area contributed by atoms with Crippen molar-refractivity contribution in [3.05, 3.63) is 58.3 Å². The minimum absolute atomic E-state index is 0.573. The predicted octanol–water partition coefficient (Wildman–Crippen LogP) is 4.21. The Labute approximate surface area is 137 Å². The van der Waals surface area contributed by atoms with Gasteiger partial charge in [0.25, 0.3) is 0 Å². The number of rotatable bonds is 2. The quantitative estimate of drug-likeness (QED) is 0.765. The summed E-state index contributed by atoms with van der Waals surface area (Å²) in [5, 5.41) is 9.32. The summed E-state index contributed by atoms with van der Waals surface area (Å²) in [5.74, 6) is 0.989. The van der Waals surface area contributed by atoms with Crippen molar-refractivity contribution in [2.45, 2.75) is 6.42 Å². The molecule has 0 radical (unpaired) electrons. The molecule has 1 aliphatic rings. The van der Waals surface area contributed by atoms with Crippen molar-refractivity contribution in [1.29, 1.82) is 0 Å². The van der Waals surface area contributed by atoms with Crippen molar-refractivity contribution in [2.75, 3.05) is 11.9 Å². The van der Waals surface area contributed by atoms with E-state index in [-0.39, 0.29) is 0 Å². The molecule has 110 valence electrons. The second-order valence-electron chi connectivity index (χ2n) is 5.10. The minimum atomic E-state index is 0.573. The van der Waals surface area contributed by atoms with E-state index in [9.17, 15) is 0 Å². The Bertz CT molecular complexity index is 843. The van der Waals surface area contributed by atoms with Gasteiger partial charge in [-0.2, -0.15) is 5.10 Å². The summed E-state index contributed by atoms with van der Waals surface area (Å²) in [5.41, 5.74) is 3.95. The fourth-order valence-corrected chi connectivity index (χ4v) is 3.23. The molecule has 0 amide bonds. The molecule has 1 aromatic carbocycles. The number of hydrogen-bond acceptors (Lipinski definition) is 3. The molecule has 0 aliphatic carbocycles. The number of nitrogens with zero attached hydrogens (tertiary/aromatic N) is 3. The van der Waals surface area contributed by atoms with Gasteiger partial charge in [-0.15, -0.1) is 0 Å². The van der Waals surface area contributed by atoms with Crippen LogP contribution in [0.3, 0.4) is 0 Å². The van der Waals surface area contributed by atoms with Crippen molar-refractivity contribution in [3.8, 4) is 16.9 Å². The van der Waals surface area contributed by atoms with Crippen LogP contribution in [0, 0.1) is 0 Å². The van der Waals surface area contributed by atoms with Crippen LogP contribution in [0.5, 0.6) is 0 Å². The van der Waals surface area contributed by atoms with Gasteiger partial charge in [-0.1, -0.05) is 23.2 Å². The highest BCUT2D eigenvalue weighted by molar-refractivity contribution is 6.35. The zero-order chi connectivity index (χ0) is 15.1. The number of benzene rings is 1. The third-order valence-electron chi connectivity index (χ3n) is 3.72. The molecule has 0 unspecified atom stereocenters. The molecule has 1 N–H and O–H groups in total. The molecular weight excluding hydrogens is 319 g/mol. The van der Waals surface area contributed by atoms with Gasteiger partial charge >= 0.3 is 0 Å². The molecular formula is C16H12Cl2N4. The van der Waals surface area contributed by atoms with Gasteiger partial charge in [0.05, 0.1) is 16.4 Å². The smallest absolute Gasteiger partial charge is 0.133 e. The van der Waals surface area contributed by atoms with Crippen molar-refractivity contribution in [1.82, 2.24) is 14.8 Å². The molecule has 0 fully saturated rings. The second kappa shape index (κ2) is 5.30. The number of halogens is 2. The lowest BCUT2D eigenvalue weighted by Gasteiger charge is -2.08. The van der Waals surface area contributed by atoms with Crippen molar-refractivity contribution < 1.29 is 0 Å². The normalized spacial score (nSPS) is 13.0. The first-order valence-corrected chi connectivity index (χ1v) is 7.71. The van der Waals surface area contributed by atoms with Crippen LogP contribution >= 0.6 is 23.2 Å². The van der Waals surface area contributed by atoms with Gasteiger partial charge in [0, 0.05) is 35.1 Å². The summed E-state index contributed by atoms with van der Waals surface area (Å²) in [4.78, 5) is 4.18. The zero-order valence-electron chi connectivity index (χ0n) is 11.6. The molecule has 6 heteroatoms. The SMILES string of the molecule is Clc1ccc(-n2nc(-c3cccnc3)c3c2NCC3)c(Cl)c1. The van der Waals surface area contributed by atoms with E-state index in [1.165, 1.54) is 5.56 Å². The van der Waals surface area contributed by atoms with Crippen molar-refractivity contribution in [3.63, 3.8) is 0 Å². The Morgan fingerprint density at radius 1 is 1.18 bits per heavy atom. The van der Waals surface area contributed by atoms with Crippen molar-refractivity contribution in [2.24, 2.45) is 0 Å². The van der Waals surface area contributed by atoms with E-state index in [1.807, 2.05) is 35.1 Å². The highest BCUT2D eigenvalue weighted by Crippen LogP contribution is 2.36. The minimum Gasteiger partial charge on any atom is -0.369 e. The number of aromatic nitrogens is 3. The molecule has 4 rings (SSSR count). The number of pyridine rings is 1. The average molecular weight is 331 g/mol.